The van der Waals surface area contributed by atoms with E-state index in [4.69, 9.17) is 4.18 Å². The van der Waals surface area contributed by atoms with Gasteiger partial charge in [0.2, 0.25) is 0 Å². The summed E-state index contributed by atoms with van der Waals surface area (Å²) >= 11 is 0. The normalized spacial score (nSPS) is 12.9. The van der Waals surface area contributed by atoms with Crippen LogP contribution in [0.15, 0.2) is 65.6 Å². The maximum Gasteiger partial charge on any atom is 0.339 e. The van der Waals surface area contributed by atoms with E-state index in [1.165, 1.54) is 18.2 Å². The third kappa shape index (κ3) is 3.17. The van der Waals surface area contributed by atoms with Crippen molar-refractivity contribution in [3.8, 4) is 5.75 Å². The van der Waals surface area contributed by atoms with Gasteiger partial charge < -0.3 is 9.08 Å². The number of carbonyl (C=O) groups is 2. The Labute approximate surface area is 174 Å². The number of rotatable bonds is 4. The van der Waals surface area contributed by atoms with Crippen LogP contribution in [-0.2, 0) is 10.1 Å². The summed E-state index contributed by atoms with van der Waals surface area (Å²) < 4.78 is 31.0. The van der Waals surface area contributed by atoms with Gasteiger partial charge in [0.25, 0.3) is 0 Å². The number of ketones is 2. The molecule has 4 rings (SSSR count). The highest BCUT2D eigenvalue weighted by molar-refractivity contribution is 7.87. The molecule has 0 aromatic heterocycles. The van der Waals surface area contributed by atoms with Crippen LogP contribution >= 0.6 is 0 Å². The third-order valence-electron chi connectivity index (χ3n) is 5.01. The molecule has 0 unspecified atom stereocenters. The average molecular weight is 421 g/mol. The van der Waals surface area contributed by atoms with Crippen molar-refractivity contribution in [3.05, 3.63) is 88.5 Å². The summed E-state index contributed by atoms with van der Waals surface area (Å²) in [6.45, 7) is 1.84. The quantitative estimate of drug-likeness (QED) is 0.469. The lowest BCUT2D eigenvalue weighted by atomic mass is 9.82. The van der Waals surface area contributed by atoms with Crippen molar-refractivity contribution in [1.29, 1.82) is 0 Å². The fourth-order valence-electron chi connectivity index (χ4n) is 3.49. The largest absolute Gasteiger partial charge is 0.378 e. The first-order valence-electron chi connectivity index (χ1n) is 9.24. The molecule has 0 bridgehead atoms. The lowest BCUT2D eigenvalue weighted by molar-refractivity contribution is 0.0978. The van der Waals surface area contributed by atoms with Crippen molar-refractivity contribution in [1.82, 2.24) is 0 Å². The SMILES string of the molecule is Cc1ccc(S(=O)(=O)Oc2ccc(N(C)C)c3c2C(=O)c2ccccc2C3=O)cc1. The van der Waals surface area contributed by atoms with Gasteiger partial charge in [0.05, 0.1) is 11.1 Å². The zero-order valence-corrected chi connectivity index (χ0v) is 17.5. The molecule has 152 valence electrons. The van der Waals surface area contributed by atoms with Gasteiger partial charge in [-0.25, -0.2) is 0 Å². The van der Waals surface area contributed by atoms with Crippen molar-refractivity contribution in [2.24, 2.45) is 0 Å². The van der Waals surface area contributed by atoms with Crippen LogP contribution in [0.5, 0.6) is 5.75 Å². The van der Waals surface area contributed by atoms with E-state index < -0.39 is 15.9 Å². The summed E-state index contributed by atoms with van der Waals surface area (Å²) in [5.41, 5.74) is 2.03. The Morgan fingerprint density at radius 1 is 0.767 bits per heavy atom. The minimum Gasteiger partial charge on any atom is -0.378 e. The van der Waals surface area contributed by atoms with Gasteiger partial charge >= 0.3 is 10.1 Å². The number of hydrogen-bond acceptors (Lipinski definition) is 6. The van der Waals surface area contributed by atoms with Gasteiger partial charge in [-0.3, -0.25) is 9.59 Å². The van der Waals surface area contributed by atoms with Gasteiger partial charge in [-0.15, -0.1) is 0 Å². The van der Waals surface area contributed by atoms with E-state index >= 15 is 0 Å². The molecule has 0 amide bonds. The van der Waals surface area contributed by atoms with Crippen LogP contribution in [0.25, 0.3) is 0 Å². The molecule has 0 heterocycles. The zero-order chi connectivity index (χ0) is 21.6. The zero-order valence-electron chi connectivity index (χ0n) is 16.7. The fourth-order valence-corrected chi connectivity index (χ4v) is 4.43. The monoisotopic (exact) mass is 421 g/mol. The summed E-state index contributed by atoms with van der Waals surface area (Å²) in [5, 5.41) is 0. The number of anilines is 1. The topological polar surface area (TPSA) is 80.8 Å². The second-order valence-corrected chi connectivity index (χ2v) is 8.83. The Morgan fingerprint density at radius 2 is 1.33 bits per heavy atom. The Kier molecular flexibility index (Phi) is 4.70. The molecule has 3 aromatic rings. The minimum absolute atomic E-state index is 0.0338. The number of aryl methyl sites for hydroxylation is 1. The molecule has 3 aromatic carbocycles. The Hall–Kier alpha value is -3.45. The standard InChI is InChI=1S/C23H19NO5S/c1-14-8-10-15(11-9-14)30(27,28)29-19-13-12-18(24(2)3)20-21(19)23(26)17-7-5-4-6-16(17)22(20)25/h4-13H,1-3H3. The second kappa shape index (κ2) is 7.11. The van der Waals surface area contributed by atoms with E-state index in [1.54, 1.807) is 61.5 Å². The third-order valence-corrected chi connectivity index (χ3v) is 6.25. The van der Waals surface area contributed by atoms with Gasteiger partial charge in [-0.2, -0.15) is 8.42 Å². The van der Waals surface area contributed by atoms with Crippen molar-refractivity contribution in [2.75, 3.05) is 19.0 Å². The predicted octanol–water partition coefficient (Wildman–Crippen LogP) is 3.60. The number of benzene rings is 3. The summed E-state index contributed by atoms with van der Waals surface area (Å²) in [6.07, 6.45) is 0. The fraction of sp³-hybridized carbons (Fsp3) is 0.130. The van der Waals surface area contributed by atoms with Crippen LogP contribution < -0.4 is 9.08 Å². The van der Waals surface area contributed by atoms with Crippen LogP contribution in [0, 0.1) is 6.92 Å². The smallest absolute Gasteiger partial charge is 0.339 e. The highest BCUT2D eigenvalue weighted by Crippen LogP contribution is 2.39. The molecule has 1 aliphatic carbocycles. The second-order valence-electron chi connectivity index (χ2n) is 7.28. The lowest BCUT2D eigenvalue weighted by Gasteiger charge is -2.25. The molecular weight excluding hydrogens is 402 g/mol. The Morgan fingerprint density at radius 3 is 1.90 bits per heavy atom. The molecule has 0 fully saturated rings. The van der Waals surface area contributed by atoms with Gasteiger partial charge in [-0.05, 0) is 31.2 Å². The van der Waals surface area contributed by atoms with Crippen molar-refractivity contribution in [2.45, 2.75) is 11.8 Å². The van der Waals surface area contributed by atoms with Crippen LogP contribution in [0.2, 0.25) is 0 Å². The van der Waals surface area contributed by atoms with E-state index in [0.29, 0.717) is 5.69 Å². The van der Waals surface area contributed by atoms with E-state index in [2.05, 4.69) is 0 Å². The van der Waals surface area contributed by atoms with Crippen molar-refractivity contribution in [3.63, 3.8) is 0 Å². The molecule has 0 spiro atoms. The molecule has 0 saturated heterocycles. The molecule has 0 N–H and O–H groups in total. The Bertz CT molecular complexity index is 1290. The average Bonchev–Trinajstić information content (AvgIpc) is 2.71. The maximum absolute atomic E-state index is 13.3. The summed E-state index contributed by atoms with van der Waals surface area (Å²) in [5.74, 6) is -0.955. The van der Waals surface area contributed by atoms with E-state index in [9.17, 15) is 18.0 Å². The van der Waals surface area contributed by atoms with E-state index in [1.807, 2.05) is 6.92 Å². The van der Waals surface area contributed by atoms with Gasteiger partial charge in [0.15, 0.2) is 17.3 Å². The molecule has 0 radical (unpaired) electrons. The van der Waals surface area contributed by atoms with E-state index in [0.717, 1.165) is 5.56 Å². The molecule has 0 atom stereocenters. The minimum atomic E-state index is -4.19. The lowest BCUT2D eigenvalue weighted by Crippen LogP contribution is -2.26. The molecule has 0 aliphatic heterocycles. The van der Waals surface area contributed by atoms with Crippen molar-refractivity contribution >= 4 is 27.4 Å². The Balaban J connectivity index is 1.90. The van der Waals surface area contributed by atoms with Crippen LogP contribution in [0.3, 0.4) is 0 Å². The highest BCUT2D eigenvalue weighted by atomic mass is 32.2. The first-order valence-corrected chi connectivity index (χ1v) is 10.7. The summed E-state index contributed by atoms with van der Waals surface area (Å²) in [6, 6.07) is 15.7. The maximum atomic E-state index is 13.3. The number of carbonyl (C=O) groups excluding carboxylic acids is 2. The van der Waals surface area contributed by atoms with Crippen molar-refractivity contribution < 1.29 is 22.2 Å². The summed E-state index contributed by atoms with van der Waals surface area (Å²) in [7, 11) is -0.697. The molecule has 0 saturated carbocycles. The first-order chi connectivity index (χ1) is 14.2. The van der Waals surface area contributed by atoms with Crippen LogP contribution in [0.1, 0.15) is 37.4 Å². The van der Waals surface area contributed by atoms with Crippen LogP contribution in [0.4, 0.5) is 5.69 Å². The summed E-state index contributed by atoms with van der Waals surface area (Å²) in [4.78, 5) is 28.2. The van der Waals surface area contributed by atoms with Gasteiger partial charge in [0.1, 0.15) is 4.90 Å². The highest BCUT2D eigenvalue weighted by Gasteiger charge is 2.36. The van der Waals surface area contributed by atoms with Crippen LogP contribution in [-0.4, -0.2) is 34.1 Å². The first kappa shape index (κ1) is 19.8. The molecule has 30 heavy (non-hydrogen) atoms. The predicted molar refractivity (Wildman–Crippen MR) is 113 cm³/mol. The number of nitrogens with zero attached hydrogens (tertiary/aromatic N) is 1. The number of fused-ring (bicyclic) bond motifs is 2. The number of hydrogen-bond donors (Lipinski definition) is 0. The molecule has 7 heteroatoms. The van der Waals surface area contributed by atoms with Gasteiger partial charge in [0, 0.05) is 30.9 Å². The molecule has 6 nitrogen and oxygen atoms in total. The molecule has 1 aliphatic rings. The van der Waals surface area contributed by atoms with E-state index in [-0.39, 0.29) is 38.7 Å². The van der Waals surface area contributed by atoms with Gasteiger partial charge in [-0.1, -0.05) is 42.0 Å². The molecular formula is C23H19NO5S.